The fourth-order valence-electron chi connectivity index (χ4n) is 0.274. The van der Waals surface area contributed by atoms with E-state index in [2.05, 4.69) is 0 Å². The minimum absolute atomic E-state index is 0.685. The molecule has 2 heteroatoms. The van der Waals surface area contributed by atoms with E-state index in [4.69, 9.17) is 4.74 Å². The molecule has 2 nitrogen and oxygen atoms in total. The Hall–Kier alpha value is -0.790. The molecule has 0 aliphatic carbocycles. The molecule has 8 heavy (non-hydrogen) atoms. The van der Waals surface area contributed by atoms with Gasteiger partial charge in [0.05, 0.1) is 12.9 Å². The van der Waals surface area contributed by atoms with Gasteiger partial charge in [-0.05, 0) is 6.42 Å². The van der Waals surface area contributed by atoms with Crippen LogP contribution in [0.4, 0.5) is 0 Å². The first kappa shape index (κ1) is 7.21. The van der Waals surface area contributed by atoms with E-state index in [9.17, 15) is 4.79 Å². The Morgan fingerprint density at radius 2 is 2.38 bits per heavy atom. The predicted molar refractivity (Wildman–Crippen MR) is 31.4 cm³/mol. The third kappa shape index (κ3) is 5.21. The number of aldehydes is 1. The van der Waals surface area contributed by atoms with Crippen LogP contribution in [-0.2, 0) is 9.53 Å². The van der Waals surface area contributed by atoms with Crippen LogP contribution in [0.15, 0.2) is 12.3 Å². The van der Waals surface area contributed by atoms with Gasteiger partial charge >= 0.3 is 0 Å². The molecule has 0 aliphatic rings. The third-order valence-corrected chi connectivity index (χ3v) is 0.575. The third-order valence-electron chi connectivity index (χ3n) is 0.575. The van der Waals surface area contributed by atoms with Crippen molar-refractivity contribution in [1.82, 2.24) is 0 Å². The van der Waals surface area contributed by atoms with E-state index in [1.54, 1.807) is 0 Å². The summed E-state index contributed by atoms with van der Waals surface area (Å²) in [6.45, 7) is 2.69. The number of carbonyl (C=O) groups is 1. The molecule has 0 rings (SSSR count). The van der Waals surface area contributed by atoms with Gasteiger partial charge in [-0.1, -0.05) is 6.92 Å². The molecule has 0 radical (unpaired) electrons. The maximum atomic E-state index is 9.60. The number of allylic oxidation sites excluding steroid dienone is 1. The summed E-state index contributed by atoms with van der Waals surface area (Å²) < 4.78 is 4.81. The van der Waals surface area contributed by atoms with E-state index in [1.165, 1.54) is 12.3 Å². The molecular formula is C6H10O2. The lowest BCUT2D eigenvalue weighted by molar-refractivity contribution is -0.104. The summed E-state index contributed by atoms with van der Waals surface area (Å²) in [5.74, 6) is 0. The fourth-order valence-corrected chi connectivity index (χ4v) is 0.274. The van der Waals surface area contributed by atoms with Crippen molar-refractivity contribution < 1.29 is 9.53 Å². The van der Waals surface area contributed by atoms with E-state index >= 15 is 0 Å². The molecule has 0 atom stereocenters. The van der Waals surface area contributed by atoms with E-state index in [-0.39, 0.29) is 0 Å². The molecule has 0 spiro atoms. The maximum Gasteiger partial charge on any atom is 0.145 e. The molecular weight excluding hydrogens is 104 g/mol. The first-order chi connectivity index (χ1) is 3.91. The molecule has 0 aromatic rings. The highest BCUT2D eigenvalue weighted by Crippen LogP contribution is 1.79. The van der Waals surface area contributed by atoms with Gasteiger partial charge in [0, 0.05) is 6.08 Å². The van der Waals surface area contributed by atoms with E-state index in [0.717, 1.165) is 6.42 Å². The molecule has 46 valence electrons. The molecule has 0 fully saturated rings. The van der Waals surface area contributed by atoms with Gasteiger partial charge in [0.25, 0.3) is 0 Å². The van der Waals surface area contributed by atoms with Crippen molar-refractivity contribution in [3.05, 3.63) is 12.3 Å². The largest absolute Gasteiger partial charge is 0.501 e. The number of ether oxygens (including phenoxy) is 1. The van der Waals surface area contributed by atoms with Crippen molar-refractivity contribution >= 4 is 6.29 Å². The molecule has 0 amide bonds. The number of rotatable bonds is 4. The zero-order valence-electron chi connectivity index (χ0n) is 4.96. The molecule has 0 heterocycles. The van der Waals surface area contributed by atoms with Crippen LogP contribution in [0.25, 0.3) is 0 Å². The number of carbonyl (C=O) groups excluding carboxylic acids is 1. The van der Waals surface area contributed by atoms with Crippen LogP contribution in [0.3, 0.4) is 0 Å². The summed E-state index contributed by atoms with van der Waals surface area (Å²) in [5, 5.41) is 0. The van der Waals surface area contributed by atoms with Gasteiger partial charge in [-0.15, -0.1) is 0 Å². The van der Waals surface area contributed by atoms with Gasteiger partial charge in [0.1, 0.15) is 6.29 Å². The van der Waals surface area contributed by atoms with Crippen LogP contribution in [0.1, 0.15) is 13.3 Å². The molecule has 0 N–H and O–H groups in total. The lowest BCUT2D eigenvalue weighted by Crippen LogP contribution is -1.81. The molecule has 0 aromatic heterocycles. The zero-order chi connectivity index (χ0) is 6.24. The average Bonchev–Trinajstić information content (AvgIpc) is 1.81. The SMILES string of the molecule is CCCOC=CC=O. The van der Waals surface area contributed by atoms with Gasteiger partial charge in [0.2, 0.25) is 0 Å². The van der Waals surface area contributed by atoms with E-state index < -0.39 is 0 Å². The Morgan fingerprint density at radius 3 is 2.88 bits per heavy atom. The first-order valence-corrected chi connectivity index (χ1v) is 2.63. The van der Waals surface area contributed by atoms with Crippen LogP contribution >= 0.6 is 0 Å². The molecule has 0 bridgehead atoms. The number of hydrogen-bond acceptors (Lipinski definition) is 2. The van der Waals surface area contributed by atoms with Gasteiger partial charge in [-0.2, -0.15) is 0 Å². The van der Waals surface area contributed by atoms with Crippen LogP contribution in [-0.4, -0.2) is 12.9 Å². The van der Waals surface area contributed by atoms with Crippen LogP contribution in [0.5, 0.6) is 0 Å². The van der Waals surface area contributed by atoms with Crippen molar-refractivity contribution in [2.45, 2.75) is 13.3 Å². The molecule has 0 saturated carbocycles. The Bertz CT molecular complexity index is 76.6. The van der Waals surface area contributed by atoms with E-state index in [1.807, 2.05) is 6.92 Å². The minimum atomic E-state index is 0.685. The average molecular weight is 114 g/mol. The molecule has 0 unspecified atom stereocenters. The second-order valence-electron chi connectivity index (χ2n) is 1.34. The summed E-state index contributed by atoms with van der Waals surface area (Å²) in [4.78, 5) is 9.60. The van der Waals surface area contributed by atoms with Gasteiger partial charge in [0.15, 0.2) is 0 Å². The van der Waals surface area contributed by atoms with Crippen LogP contribution < -0.4 is 0 Å². The Kier molecular flexibility index (Phi) is 5.60. The highest BCUT2D eigenvalue weighted by molar-refractivity contribution is 5.64. The topological polar surface area (TPSA) is 26.3 Å². The summed E-state index contributed by atoms with van der Waals surface area (Å²) in [5.41, 5.74) is 0. The van der Waals surface area contributed by atoms with Crippen LogP contribution in [0, 0.1) is 0 Å². The van der Waals surface area contributed by atoms with Gasteiger partial charge in [-0.3, -0.25) is 4.79 Å². The first-order valence-electron chi connectivity index (χ1n) is 2.63. The van der Waals surface area contributed by atoms with Crippen molar-refractivity contribution in [1.29, 1.82) is 0 Å². The van der Waals surface area contributed by atoms with Gasteiger partial charge in [-0.25, -0.2) is 0 Å². The van der Waals surface area contributed by atoms with Gasteiger partial charge < -0.3 is 4.74 Å². The summed E-state index contributed by atoms with van der Waals surface area (Å²) >= 11 is 0. The highest BCUT2D eigenvalue weighted by atomic mass is 16.5. The van der Waals surface area contributed by atoms with E-state index in [0.29, 0.717) is 12.9 Å². The fraction of sp³-hybridized carbons (Fsp3) is 0.500. The minimum Gasteiger partial charge on any atom is -0.501 e. The summed E-state index contributed by atoms with van der Waals surface area (Å²) in [6, 6.07) is 0. The molecule has 0 aliphatic heterocycles. The standard InChI is InChI=1S/C6H10O2/c1-2-5-8-6-3-4-7/h3-4,6H,2,5H2,1H3. The van der Waals surface area contributed by atoms with Crippen molar-refractivity contribution in [2.75, 3.05) is 6.61 Å². The second-order valence-corrected chi connectivity index (χ2v) is 1.34. The lowest BCUT2D eigenvalue weighted by Gasteiger charge is -1.91. The van der Waals surface area contributed by atoms with Crippen molar-refractivity contribution in [3.8, 4) is 0 Å². The quantitative estimate of drug-likeness (QED) is 0.237. The Balaban J connectivity index is 2.91. The smallest absolute Gasteiger partial charge is 0.145 e. The normalized spacial score (nSPS) is 9.62. The Labute approximate surface area is 49.1 Å². The highest BCUT2D eigenvalue weighted by Gasteiger charge is 1.72. The van der Waals surface area contributed by atoms with Crippen LogP contribution in [0.2, 0.25) is 0 Å². The van der Waals surface area contributed by atoms with Crippen molar-refractivity contribution in [2.24, 2.45) is 0 Å². The summed E-state index contributed by atoms with van der Waals surface area (Å²) in [6.07, 6.45) is 4.39. The Morgan fingerprint density at radius 1 is 1.62 bits per heavy atom. The summed E-state index contributed by atoms with van der Waals surface area (Å²) in [7, 11) is 0. The lowest BCUT2D eigenvalue weighted by atomic mass is 10.5. The zero-order valence-corrected chi connectivity index (χ0v) is 4.96. The maximum absolute atomic E-state index is 9.60. The number of hydrogen-bond donors (Lipinski definition) is 0. The van der Waals surface area contributed by atoms with Crippen molar-refractivity contribution in [3.63, 3.8) is 0 Å². The second kappa shape index (κ2) is 6.21. The molecule has 0 saturated heterocycles. The monoisotopic (exact) mass is 114 g/mol. The predicted octanol–water partition coefficient (Wildman–Crippen LogP) is 1.13. The molecule has 0 aromatic carbocycles.